The molecule has 3 aromatic rings. The van der Waals surface area contributed by atoms with Gasteiger partial charge in [0.2, 0.25) is 10.0 Å². The highest BCUT2D eigenvalue weighted by molar-refractivity contribution is 7.92. The molecule has 1 aromatic carbocycles. The number of benzene rings is 1. The molecule has 1 aliphatic heterocycles. The molecular formula is C22H30N6O2S. The van der Waals surface area contributed by atoms with Gasteiger partial charge in [-0.25, -0.2) is 13.4 Å². The van der Waals surface area contributed by atoms with Crippen molar-refractivity contribution >= 4 is 38.1 Å². The van der Waals surface area contributed by atoms with E-state index in [2.05, 4.69) is 55.8 Å². The quantitative estimate of drug-likeness (QED) is 0.521. The van der Waals surface area contributed by atoms with E-state index < -0.39 is 10.0 Å². The van der Waals surface area contributed by atoms with Crippen molar-refractivity contribution in [1.82, 2.24) is 14.9 Å². The number of sulfonamides is 1. The summed E-state index contributed by atoms with van der Waals surface area (Å²) in [7, 11) is -3.28. The number of nitrogens with zero attached hydrogens (tertiary/aromatic N) is 3. The van der Waals surface area contributed by atoms with E-state index in [9.17, 15) is 8.42 Å². The molecule has 3 heterocycles. The largest absolute Gasteiger partial charge is 0.380 e. The standard InChI is InChI=1S/C22H30N6O2S/c1-16(2)24-21-5-4-8-23-22(21)28-11-9-27(10-12-28)15-19-14-17-13-18(26-31(3,29)30)6-7-20(17)25-19/h4-8,13-14,16,24-26H,9-12,15H2,1-3H3. The van der Waals surface area contributed by atoms with Crippen LogP contribution in [0.25, 0.3) is 10.9 Å². The molecule has 0 atom stereocenters. The van der Waals surface area contributed by atoms with E-state index in [-0.39, 0.29) is 0 Å². The normalized spacial score (nSPS) is 15.5. The van der Waals surface area contributed by atoms with Crippen LogP contribution in [-0.4, -0.2) is 61.8 Å². The smallest absolute Gasteiger partial charge is 0.229 e. The molecule has 31 heavy (non-hydrogen) atoms. The maximum absolute atomic E-state index is 11.5. The number of aromatic amines is 1. The summed E-state index contributed by atoms with van der Waals surface area (Å²) in [6.45, 7) is 8.85. The van der Waals surface area contributed by atoms with Crippen LogP contribution in [0, 0.1) is 0 Å². The number of hydrogen-bond acceptors (Lipinski definition) is 6. The Morgan fingerprint density at radius 1 is 1.13 bits per heavy atom. The zero-order valence-corrected chi connectivity index (χ0v) is 19.0. The summed E-state index contributed by atoms with van der Waals surface area (Å²) < 4.78 is 25.5. The van der Waals surface area contributed by atoms with Crippen LogP contribution in [0.15, 0.2) is 42.6 Å². The van der Waals surface area contributed by atoms with E-state index in [1.54, 1.807) is 6.07 Å². The number of rotatable bonds is 7. The molecule has 0 amide bonds. The molecule has 1 fully saturated rings. The van der Waals surface area contributed by atoms with Crippen LogP contribution < -0.4 is 14.9 Å². The van der Waals surface area contributed by atoms with Crippen LogP contribution in [-0.2, 0) is 16.6 Å². The van der Waals surface area contributed by atoms with Gasteiger partial charge in [-0.2, -0.15) is 0 Å². The fraction of sp³-hybridized carbons (Fsp3) is 0.409. The third-order valence-electron chi connectivity index (χ3n) is 5.28. The molecule has 0 aliphatic carbocycles. The molecule has 9 heteroatoms. The Labute approximate surface area is 183 Å². The predicted molar refractivity (Wildman–Crippen MR) is 127 cm³/mol. The number of pyridine rings is 1. The minimum absolute atomic E-state index is 0.361. The number of H-pyrrole nitrogens is 1. The number of nitrogens with one attached hydrogen (secondary N) is 3. The Hall–Kier alpha value is -2.78. The Morgan fingerprint density at radius 2 is 1.90 bits per heavy atom. The number of hydrogen-bond donors (Lipinski definition) is 3. The van der Waals surface area contributed by atoms with Crippen molar-refractivity contribution in [3.63, 3.8) is 0 Å². The second kappa shape index (κ2) is 8.76. The zero-order chi connectivity index (χ0) is 22.0. The first kappa shape index (κ1) is 21.5. The third kappa shape index (κ3) is 5.48. The molecule has 8 nitrogen and oxygen atoms in total. The lowest BCUT2D eigenvalue weighted by atomic mass is 10.2. The Balaban J connectivity index is 1.39. The van der Waals surface area contributed by atoms with Crippen LogP contribution in [0.1, 0.15) is 19.5 Å². The van der Waals surface area contributed by atoms with E-state index in [0.717, 1.165) is 67.1 Å². The minimum Gasteiger partial charge on any atom is -0.380 e. The minimum atomic E-state index is -3.28. The second-order valence-corrected chi connectivity index (χ2v) is 10.2. The molecule has 0 saturated carbocycles. The first-order valence-electron chi connectivity index (χ1n) is 10.5. The highest BCUT2D eigenvalue weighted by atomic mass is 32.2. The van der Waals surface area contributed by atoms with Crippen molar-refractivity contribution in [2.75, 3.05) is 47.4 Å². The maximum Gasteiger partial charge on any atom is 0.229 e. The average Bonchev–Trinajstić information content (AvgIpc) is 3.09. The van der Waals surface area contributed by atoms with Crippen molar-refractivity contribution in [3.05, 3.63) is 48.3 Å². The summed E-state index contributed by atoms with van der Waals surface area (Å²) in [5.74, 6) is 1.02. The van der Waals surface area contributed by atoms with Gasteiger partial charge >= 0.3 is 0 Å². The van der Waals surface area contributed by atoms with Crippen molar-refractivity contribution in [3.8, 4) is 0 Å². The second-order valence-electron chi connectivity index (χ2n) is 8.41. The van der Waals surface area contributed by atoms with Crippen LogP contribution >= 0.6 is 0 Å². The average molecular weight is 443 g/mol. The lowest BCUT2D eigenvalue weighted by Crippen LogP contribution is -2.46. The zero-order valence-electron chi connectivity index (χ0n) is 18.2. The molecule has 1 aliphatic rings. The van der Waals surface area contributed by atoms with Crippen molar-refractivity contribution < 1.29 is 8.42 Å². The highest BCUT2D eigenvalue weighted by Crippen LogP contribution is 2.26. The highest BCUT2D eigenvalue weighted by Gasteiger charge is 2.21. The summed E-state index contributed by atoms with van der Waals surface area (Å²) in [5.41, 5.74) is 3.79. The molecular weight excluding hydrogens is 412 g/mol. The van der Waals surface area contributed by atoms with Crippen LogP contribution in [0.3, 0.4) is 0 Å². The summed E-state index contributed by atoms with van der Waals surface area (Å²) in [4.78, 5) is 12.8. The van der Waals surface area contributed by atoms with Crippen LogP contribution in [0.4, 0.5) is 17.2 Å². The topological polar surface area (TPSA) is 93.4 Å². The monoisotopic (exact) mass is 442 g/mol. The Bertz CT molecular complexity index is 1150. The molecule has 2 aromatic heterocycles. The Morgan fingerprint density at radius 3 is 2.61 bits per heavy atom. The Kier molecular flexibility index (Phi) is 6.06. The van der Waals surface area contributed by atoms with Gasteiger partial charge in [-0.3, -0.25) is 9.62 Å². The van der Waals surface area contributed by atoms with E-state index in [0.29, 0.717) is 11.7 Å². The first-order chi connectivity index (χ1) is 14.8. The lowest BCUT2D eigenvalue weighted by molar-refractivity contribution is 0.247. The van der Waals surface area contributed by atoms with Crippen LogP contribution in [0.5, 0.6) is 0 Å². The van der Waals surface area contributed by atoms with Gasteiger partial charge in [-0.1, -0.05) is 0 Å². The molecule has 0 bridgehead atoms. The summed E-state index contributed by atoms with van der Waals surface area (Å²) in [6, 6.07) is 12.1. The van der Waals surface area contributed by atoms with Gasteiger partial charge in [-0.15, -0.1) is 0 Å². The fourth-order valence-corrected chi connectivity index (χ4v) is 4.54. The van der Waals surface area contributed by atoms with Gasteiger partial charge in [0.25, 0.3) is 0 Å². The number of fused-ring (bicyclic) bond motifs is 1. The van der Waals surface area contributed by atoms with Gasteiger partial charge in [0.1, 0.15) is 0 Å². The molecule has 1 saturated heterocycles. The predicted octanol–water partition coefficient (Wildman–Crippen LogP) is 3.08. The van der Waals surface area contributed by atoms with Gasteiger partial charge in [0, 0.05) is 67.2 Å². The first-order valence-corrected chi connectivity index (χ1v) is 12.4. The van der Waals surface area contributed by atoms with E-state index >= 15 is 0 Å². The van der Waals surface area contributed by atoms with E-state index in [1.165, 1.54) is 0 Å². The van der Waals surface area contributed by atoms with E-state index in [4.69, 9.17) is 0 Å². The summed E-state index contributed by atoms with van der Waals surface area (Å²) >= 11 is 0. The molecule has 0 radical (unpaired) electrons. The van der Waals surface area contributed by atoms with Gasteiger partial charge in [0.15, 0.2) is 5.82 Å². The molecule has 166 valence electrons. The van der Waals surface area contributed by atoms with E-state index in [1.807, 2.05) is 24.4 Å². The van der Waals surface area contributed by atoms with Crippen molar-refractivity contribution in [2.24, 2.45) is 0 Å². The fourth-order valence-electron chi connectivity index (χ4n) is 3.99. The molecule has 3 N–H and O–H groups in total. The van der Waals surface area contributed by atoms with Crippen molar-refractivity contribution in [1.29, 1.82) is 0 Å². The SMILES string of the molecule is CC(C)Nc1cccnc1N1CCN(Cc2cc3cc(NS(C)(=O)=O)ccc3[nH]2)CC1. The molecule has 4 rings (SSSR count). The number of piperazine rings is 1. The van der Waals surface area contributed by atoms with Gasteiger partial charge in [-0.05, 0) is 50.2 Å². The number of aromatic nitrogens is 2. The van der Waals surface area contributed by atoms with Gasteiger partial charge < -0.3 is 15.2 Å². The lowest BCUT2D eigenvalue weighted by Gasteiger charge is -2.36. The van der Waals surface area contributed by atoms with Gasteiger partial charge in [0.05, 0.1) is 11.9 Å². The number of anilines is 3. The molecule has 0 unspecified atom stereocenters. The van der Waals surface area contributed by atoms with Crippen LogP contribution in [0.2, 0.25) is 0 Å². The molecule has 0 spiro atoms. The van der Waals surface area contributed by atoms with Crippen molar-refractivity contribution in [2.45, 2.75) is 26.4 Å². The summed E-state index contributed by atoms with van der Waals surface area (Å²) in [6.07, 6.45) is 3.01. The third-order valence-corrected chi connectivity index (χ3v) is 5.88. The summed E-state index contributed by atoms with van der Waals surface area (Å²) in [5, 5.41) is 4.49. The maximum atomic E-state index is 11.5.